The lowest BCUT2D eigenvalue weighted by atomic mass is 9.94. The van der Waals surface area contributed by atoms with Gasteiger partial charge in [0.05, 0.1) is 5.41 Å². The Balaban J connectivity index is 1.41. The van der Waals surface area contributed by atoms with Gasteiger partial charge in [-0.2, -0.15) is 5.21 Å². The Bertz CT molecular complexity index is 697. The maximum atomic E-state index is 12.7. The standard InChI is InChI=1S/C15H17ClN6O/c16-11-3-1-10(2-4-11)15(6-7-15)13(23)17-12-5-8-22(9-12)14-18-20-21-19-14/h1-4,12H,5-9H2,(H,17,23)(H,18,19,20,21)/t12-/m1/s1. The Hall–Kier alpha value is -2.15. The summed E-state index contributed by atoms with van der Waals surface area (Å²) in [6.07, 6.45) is 2.67. The molecule has 2 aromatic rings. The number of rotatable bonds is 4. The summed E-state index contributed by atoms with van der Waals surface area (Å²) in [4.78, 5) is 14.8. The number of aromatic nitrogens is 4. The molecule has 1 aliphatic heterocycles. The highest BCUT2D eigenvalue weighted by Gasteiger charge is 2.51. The molecule has 1 saturated carbocycles. The summed E-state index contributed by atoms with van der Waals surface area (Å²) >= 11 is 5.94. The maximum Gasteiger partial charge on any atom is 0.265 e. The van der Waals surface area contributed by atoms with Crippen molar-refractivity contribution in [3.05, 3.63) is 34.9 Å². The number of benzene rings is 1. The third kappa shape index (κ3) is 2.65. The van der Waals surface area contributed by atoms with E-state index in [4.69, 9.17) is 11.6 Å². The van der Waals surface area contributed by atoms with Crippen LogP contribution >= 0.6 is 11.6 Å². The van der Waals surface area contributed by atoms with Crippen molar-refractivity contribution in [2.45, 2.75) is 30.7 Å². The first-order chi connectivity index (χ1) is 11.2. The lowest BCUT2D eigenvalue weighted by molar-refractivity contribution is -0.124. The van der Waals surface area contributed by atoms with Gasteiger partial charge in [-0.3, -0.25) is 4.79 Å². The molecule has 4 rings (SSSR count). The first-order valence-electron chi connectivity index (χ1n) is 7.73. The van der Waals surface area contributed by atoms with E-state index in [0.29, 0.717) is 17.5 Å². The van der Waals surface area contributed by atoms with E-state index in [1.807, 2.05) is 29.2 Å². The predicted octanol–water partition coefficient (Wildman–Crippen LogP) is 1.28. The van der Waals surface area contributed by atoms with Gasteiger partial charge >= 0.3 is 0 Å². The van der Waals surface area contributed by atoms with Crippen LogP contribution in [0.4, 0.5) is 5.95 Å². The van der Waals surface area contributed by atoms with E-state index in [-0.39, 0.29) is 17.4 Å². The number of nitrogens with one attached hydrogen (secondary N) is 2. The number of carbonyl (C=O) groups is 1. The Morgan fingerprint density at radius 1 is 1.35 bits per heavy atom. The first kappa shape index (κ1) is 14.4. The van der Waals surface area contributed by atoms with Crippen molar-refractivity contribution in [1.29, 1.82) is 0 Å². The van der Waals surface area contributed by atoms with E-state index in [2.05, 4.69) is 25.9 Å². The maximum absolute atomic E-state index is 12.7. The molecular weight excluding hydrogens is 316 g/mol. The fourth-order valence-corrected chi connectivity index (χ4v) is 3.34. The second-order valence-corrected chi connectivity index (χ2v) is 6.64. The van der Waals surface area contributed by atoms with Gasteiger partial charge in [0.25, 0.3) is 5.95 Å². The minimum absolute atomic E-state index is 0.111. The number of hydrogen-bond acceptors (Lipinski definition) is 5. The molecule has 2 N–H and O–H groups in total. The van der Waals surface area contributed by atoms with Crippen LogP contribution in [0.5, 0.6) is 0 Å². The molecule has 0 bridgehead atoms. The molecule has 2 heterocycles. The van der Waals surface area contributed by atoms with E-state index < -0.39 is 0 Å². The van der Waals surface area contributed by atoms with Crippen LogP contribution in [0.3, 0.4) is 0 Å². The van der Waals surface area contributed by atoms with Crippen LogP contribution < -0.4 is 10.2 Å². The monoisotopic (exact) mass is 332 g/mol. The van der Waals surface area contributed by atoms with E-state index in [9.17, 15) is 4.79 Å². The molecule has 120 valence electrons. The summed E-state index contributed by atoms with van der Waals surface area (Å²) in [5.74, 6) is 0.695. The Labute approximate surface area is 138 Å². The number of tetrazole rings is 1. The molecule has 0 spiro atoms. The molecule has 7 nitrogen and oxygen atoms in total. The molecule has 1 aromatic heterocycles. The minimum Gasteiger partial charge on any atom is -0.351 e. The Kier molecular flexibility index (Phi) is 3.45. The molecule has 0 unspecified atom stereocenters. The number of aromatic amines is 1. The predicted molar refractivity (Wildman–Crippen MR) is 85.3 cm³/mol. The second kappa shape index (κ2) is 5.49. The van der Waals surface area contributed by atoms with Crippen molar-refractivity contribution >= 4 is 23.5 Å². The Morgan fingerprint density at radius 2 is 2.13 bits per heavy atom. The number of halogens is 1. The Morgan fingerprint density at radius 3 is 2.78 bits per heavy atom. The van der Waals surface area contributed by atoms with Gasteiger partial charge < -0.3 is 10.2 Å². The minimum atomic E-state index is -0.371. The molecule has 1 saturated heterocycles. The van der Waals surface area contributed by atoms with Crippen molar-refractivity contribution in [2.75, 3.05) is 18.0 Å². The SMILES string of the molecule is O=C(N[C@@H]1CCN(c2nn[nH]n2)C1)C1(c2ccc(Cl)cc2)CC1. The van der Waals surface area contributed by atoms with Crippen molar-refractivity contribution in [2.24, 2.45) is 0 Å². The molecule has 2 fully saturated rings. The summed E-state index contributed by atoms with van der Waals surface area (Å²) in [5.41, 5.74) is 0.678. The van der Waals surface area contributed by atoms with E-state index in [0.717, 1.165) is 31.4 Å². The molecule has 1 aromatic carbocycles. The van der Waals surface area contributed by atoms with Crippen LogP contribution in [0, 0.1) is 0 Å². The quantitative estimate of drug-likeness (QED) is 0.880. The van der Waals surface area contributed by atoms with Gasteiger partial charge in [0.1, 0.15) is 0 Å². The van der Waals surface area contributed by atoms with Crippen LogP contribution in [0.2, 0.25) is 5.02 Å². The largest absolute Gasteiger partial charge is 0.351 e. The van der Waals surface area contributed by atoms with Crippen molar-refractivity contribution < 1.29 is 4.79 Å². The summed E-state index contributed by atoms with van der Waals surface area (Å²) < 4.78 is 0. The third-order valence-corrected chi connectivity index (χ3v) is 4.97. The van der Waals surface area contributed by atoms with Crippen LogP contribution in [0.1, 0.15) is 24.8 Å². The van der Waals surface area contributed by atoms with E-state index in [1.54, 1.807) is 0 Å². The fraction of sp³-hybridized carbons (Fsp3) is 0.467. The highest BCUT2D eigenvalue weighted by molar-refractivity contribution is 6.30. The first-order valence-corrected chi connectivity index (χ1v) is 8.11. The van der Waals surface area contributed by atoms with Gasteiger partial charge in [-0.1, -0.05) is 28.8 Å². The average molecular weight is 333 g/mol. The zero-order valence-electron chi connectivity index (χ0n) is 12.5. The molecule has 8 heteroatoms. The normalized spacial score (nSPS) is 22.1. The van der Waals surface area contributed by atoms with Crippen LogP contribution in [0.25, 0.3) is 0 Å². The van der Waals surface area contributed by atoms with Gasteiger partial charge in [0.15, 0.2) is 0 Å². The van der Waals surface area contributed by atoms with Crippen LogP contribution in [-0.2, 0) is 10.2 Å². The smallest absolute Gasteiger partial charge is 0.265 e. The second-order valence-electron chi connectivity index (χ2n) is 6.21. The van der Waals surface area contributed by atoms with Gasteiger partial charge in [0, 0.05) is 24.2 Å². The highest BCUT2D eigenvalue weighted by Crippen LogP contribution is 2.48. The summed E-state index contributed by atoms with van der Waals surface area (Å²) in [6, 6.07) is 7.71. The molecular formula is C15H17ClN6O. The lowest BCUT2D eigenvalue weighted by Gasteiger charge is -2.20. The number of carbonyl (C=O) groups excluding carboxylic acids is 1. The number of H-pyrrole nitrogens is 1. The molecule has 1 amide bonds. The van der Waals surface area contributed by atoms with Crippen molar-refractivity contribution in [3.63, 3.8) is 0 Å². The molecule has 0 radical (unpaired) electrons. The summed E-state index contributed by atoms with van der Waals surface area (Å²) in [5, 5.41) is 17.9. The number of hydrogen-bond donors (Lipinski definition) is 2. The summed E-state index contributed by atoms with van der Waals surface area (Å²) in [6.45, 7) is 1.53. The summed E-state index contributed by atoms with van der Waals surface area (Å²) in [7, 11) is 0. The van der Waals surface area contributed by atoms with Crippen molar-refractivity contribution in [1.82, 2.24) is 25.9 Å². The highest BCUT2D eigenvalue weighted by atomic mass is 35.5. The van der Waals surface area contributed by atoms with Crippen LogP contribution in [-0.4, -0.2) is 45.7 Å². The molecule has 2 aliphatic rings. The van der Waals surface area contributed by atoms with Gasteiger partial charge in [-0.25, -0.2) is 0 Å². The average Bonchev–Trinajstić information content (AvgIpc) is 2.97. The topological polar surface area (TPSA) is 86.8 Å². The number of nitrogens with zero attached hydrogens (tertiary/aromatic N) is 4. The molecule has 1 atom stereocenters. The molecule has 1 aliphatic carbocycles. The van der Waals surface area contributed by atoms with Gasteiger partial charge in [-0.15, -0.1) is 5.10 Å². The van der Waals surface area contributed by atoms with Crippen LogP contribution in [0.15, 0.2) is 24.3 Å². The van der Waals surface area contributed by atoms with E-state index >= 15 is 0 Å². The van der Waals surface area contributed by atoms with Gasteiger partial charge in [-0.05, 0) is 42.2 Å². The van der Waals surface area contributed by atoms with Crippen molar-refractivity contribution in [3.8, 4) is 0 Å². The van der Waals surface area contributed by atoms with E-state index in [1.165, 1.54) is 0 Å². The fourth-order valence-electron chi connectivity index (χ4n) is 3.21. The lowest BCUT2D eigenvalue weighted by Crippen LogP contribution is -2.43. The number of amides is 1. The zero-order valence-corrected chi connectivity index (χ0v) is 13.3. The molecule has 23 heavy (non-hydrogen) atoms. The zero-order chi connectivity index (χ0) is 15.9. The van der Waals surface area contributed by atoms with Gasteiger partial charge in [0.2, 0.25) is 5.91 Å². The number of anilines is 1. The third-order valence-electron chi connectivity index (χ3n) is 4.72.